The molecule has 1 saturated carbocycles. The van der Waals surface area contributed by atoms with Crippen molar-refractivity contribution in [1.29, 1.82) is 0 Å². The first-order valence-electron chi connectivity index (χ1n) is 13.8. The number of benzene rings is 2. The van der Waals surface area contributed by atoms with Gasteiger partial charge in [-0.2, -0.15) is 4.98 Å². The maximum Gasteiger partial charge on any atom is 0.335 e. The Bertz CT molecular complexity index is 1650. The third kappa shape index (κ3) is 5.76. The van der Waals surface area contributed by atoms with Crippen LogP contribution in [0.2, 0.25) is 0 Å². The number of nitrogens with zero attached hydrogens (tertiary/aromatic N) is 3. The number of primary amides is 1. The number of methoxy groups -OCH3 is 2. The lowest BCUT2D eigenvalue weighted by atomic mass is 9.95. The topological polar surface area (TPSA) is 159 Å². The van der Waals surface area contributed by atoms with E-state index >= 15 is 0 Å². The molecule has 1 aliphatic carbocycles. The Morgan fingerprint density at radius 3 is 2.48 bits per heavy atom. The van der Waals surface area contributed by atoms with Crippen molar-refractivity contribution in [1.82, 2.24) is 15.0 Å². The van der Waals surface area contributed by atoms with Gasteiger partial charge in [0.25, 0.3) is 5.91 Å². The zero-order valence-electron chi connectivity index (χ0n) is 23.8. The molecule has 0 atom stereocenters. The number of carbonyl (C=O) groups excluding carboxylic acids is 1. The number of amides is 1. The van der Waals surface area contributed by atoms with Gasteiger partial charge in [-0.3, -0.25) is 9.78 Å². The second kappa shape index (κ2) is 12.3. The first-order valence-corrected chi connectivity index (χ1v) is 13.8. The highest BCUT2D eigenvalue weighted by molar-refractivity contribution is 6.09. The monoisotopic (exact) mass is 571 g/mol. The molecule has 0 spiro atoms. The van der Waals surface area contributed by atoms with Gasteiger partial charge in [-0.1, -0.05) is 19.8 Å². The molecule has 4 aromatic rings. The minimum atomic E-state index is -1.02. The first-order chi connectivity index (χ1) is 20.3. The molecule has 0 aliphatic heterocycles. The lowest BCUT2D eigenvalue weighted by molar-refractivity contribution is 0.0696. The first kappa shape index (κ1) is 28.6. The number of anilines is 2. The number of ether oxygens (including phenoxy) is 3. The van der Waals surface area contributed by atoms with E-state index in [1.165, 1.54) is 20.4 Å². The number of hydrogen-bond acceptors (Lipinski definition) is 9. The van der Waals surface area contributed by atoms with Crippen molar-refractivity contribution in [3.63, 3.8) is 0 Å². The highest BCUT2D eigenvalue weighted by Gasteiger charge is 2.23. The van der Waals surface area contributed by atoms with Gasteiger partial charge < -0.3 is 30.4 Å². The zero-order chi connectivity index (χ0) is 29.8. The van der Waals surface area contributed by atoms with Gasteiger partial charge in [-0.15, -0.1) is 0 Å². The third-order valence-corrected chi connectivity index (χ3v) is 7.39. The highest BCUT2D eigenvalue weighted by atomic mass is 16.5. The van der Waals surface area contributed by atoms with E-state index < -0.39 is 11.9 Å². The fraction of sp³-hybridized carbons (Fsp3) is 0.323. The number of aromatic carboxylic acids is 1. The normalized spacial score (nSPS) is 13.2. The van der Waals surface area contributed by atoms with E-state index in [1.807, 2.05) is 19.1 Å². The zero-order valence-corrected chi connectivity index (χ0v) is 23.8. The quantitative estimate of drug-likeness (QED) is 0.204. The van der Waals surface area contributed by atoms with Crippen molar-refractivity contribution in [2.75, 3.05) is 26.1 Å². The van der Waals surface area contributed by atoms with Crippen molar-refractivity contribution in [2.24, 2.45) is 5.73 Å². The molecule has 0 unspecified atom stereocenters. The van der Waals surface area contributed by atoms with Crippen LogP contribution in [0.4, 0.5) is 11.4 Å². The number of hydrogen-bond donors (Lipinski definition) is 3. The van der Waals surface area contributed by atoms with E-state index in [0.717, 1.165) is 37.7 Å². The summed E-state index contributed by atoms with van der Waals surface area (Å²) in [6.07, 6.45) is 7.98. The molecule has 2 aromatic carbocycles. The van der Waals surface area contributed by atoms with Crippen LogP contribution in [0.25, 0.3) is 22.0 Å². The maximum absolute atomic E-state index is 12.6. The average Bonchev–Trinajstić information content (AvgIpc) is 3.54. The van der Waals surface area contributed by atoms with Gasteiger partial charge in [0, 0.05) is 29.0 Å². The van der Waals surface area contributed by atoms with E-state index in [0.29, 0.717) is 51.6 Å². The number of rotatable bonds is 11. The Labute approximate surface area is 243 Å². The summed E-state index contributed by atoms with van der Waals surface area (Å²) in [4.78, 5) is 37.7. The maximum atomic E-state index is 12.6. The summed E-state index contributed by atoms with van der Waals surface area (Å²) >= 11 is 0. The summed E-state index contributed by atoms with van der Waals surface area (Å²) in [6.45, 7) is 2.42. The van der Waals surface area contributed by atoms with E-state index in [2.05, 4.69) is 20.3 Å². The van der Waals surface area contributed by atoms with Gasteiger partial charge in [0.2, 0.25) is 5.88 Å². The Morgan fingerprint density at radius 1 is 1.02 bits per heavy atom. The van der Waals surface area contributed by atoms with Crippen LogP contribution >= 0.6 is 0 Å². The highest BCUT2D eigenvalue weighted by Crippen LogP contribution is 2.42. The lowest BCUT2D eigenvalue weighted by Gasteiger charge is -2.19. The van der Waals surface area contributed by atoms with Crippen LogP contribution in [0, 0.1) is 0 Å². The number of aromatic nitrogens is 3. The minimum absolute atomic E-state index is 0.156. The number of carbonyl (C=O) groups is 2. The largest absolute Gasteiger partial charge is 0.493 e. The SMILES string of the molecule is CCCOc1cc2c(Nc3cc(C(=O)O)cc(C4CCCC4)c3)c(C(N)=O)cnc2cc1-c1cnc(OC)nc1OC. The van der Waals surface area contributed by atoms with Crippen LogP contribution in [0.5, 0.6) is 17.6 Å². The second-order valence-corrected chi connectivity index (χ2v) is 10.2. The molecule has 2 heterocycles. The van der Waals surface area contributed by atoms with E-state index in [4.69, 9.17) is 19.9 Å². The van der Waals surface area contributed by atoms with Crippen molar-refractivity contribution in [3.05, 3.63) is 59.4 Å². The molecule has 2 aromatic heterocycles. The fourth-order valence-electron chi connectivity index (χ4n) is 5.36. The second-order valence-electron chi connectivity index (χ2n) is 10.2. The summed E-state index contributed by atoms with van der Waals surface area (Å²) in [5, 5.41) is 13.7. The third-order valence-electron chi connectivity index (χ3n) is 7.39. The number of carboxylic acids is 1. The number of carboxylic acid groups (broad SMARTS) is 1. The molecular weight excluding hydrogens is 538 g/mol. The van der Waals surface area contributed by atoms with Gasteiger partial charge in [-0.25, -0.2) is 9.78 Å². The molecule has 0 bridgehead atoms. The van der Waals surface area contributed by atoms with Crippen LogP contribution in [0.3, 0.4) is 0 Å². The molecule has 42 heavy (non-hydrogen) atoms. The Hall–Kier alpha value is -4.93. The van der Waals surface area contributed by atoms with Crippen molar-refractivity contribution >= 4 is 34.2 Å². The van der Waals surface area contributed by atoms with Gasteiger partial charge >= 0.3 is 12.0 Å². The summed E-state index contributed by atoms with van der Waals surface area (Å²) in [6, 6.07) is 8.98. The predicted molar refractivity (Wildman–Crippen MR) is 158 cm³/mol. The average molecular weight is 572 g/mol. The lowest BCUT2D eigenvalue weighted by Crippen LogP contribution is -2.14. The van der Waals surface area contributed by atoms with Crippen LogP contribution in [0.15, 0.2) is 42.7 Å². The van der Waals surface area contributed by atoms with Crippen LogP contribution in [-0.2, 0) is 0 Å². The fourth-order valence-corrected chi connectivity index (χ4v) is 5.36. The molecular formula is C31H33N5O6. The van der Waals surface area contributed by atoms with Crippen LogP contribution in [-0.4, -0.2) is 52.8 Å². The van der Waals surface area contributed by atoms with E-state index in [9.17, 15) is 14.7 Å². The summed E-state index contributed by atoms with van der Waals surface area (Å²) < 4.78 is 16.8. The minimum Gasteiger partial charge on any atom is -0.493 e. The van der Waals surface area contributed by atoms with Gasteiger partial charge in [0.1, 0.15) is 5.75 Å². The molecule has 5 rings (SSSR count). The molecule has 1 aliphatic rings. The molecule has 218 valence electrons. The summed E-state index contributed by atoms with van der Waals surface area (Å²) in [7, 11) is 2.97. The predicted octanol–water partition coefficient (Wildman–Crippen LogP) is 5.70. The number of nitrogens with two attached hydrogens (primary N) is 1. The van der Waals surface area contributed by atoms with Crippen molar-refractivity contribution < 1.29 is 28.9 Å². The summed E-state index contributed by atoms with van der Waals surface area (Å²) in [5.41, 5.74) is 9.74. The Morgan fingerprint density at radius 2 is 1.81 bits per heavy atom. The molecule has 4 N–H and O–H groups in total. The Kier molecular flexibility index (Phi) is 8.37. The smallest absolute Gasteiger partial charge is 0.335 e. The van der Waals surface area contributed by atoms with E-state index in [-0.39, 0.29) is 23.1 Å². The number of fused-ring (bicyclic) bond motifs is 1. The van der Waals surface area contributed by atoms with Gasteiger partial charge in [0.15, 0.2) is 0 Å². The molecule has 11 heteroatoms. The molecule has 11 nitrogen and oxygen atoms in total. The molecule has 0 radical (unpaired) electrons. The molecule has 0 saturated heterocycles. The van der Waals surface area contributed by atoms with Gasteiger partial charge in [0.05, 0.1) is 48.7 Å². The van der Waals surface area contributed by atoms with Crippen molar-refractivity contribution in [3.8, 4) is 28.8 Å². The standard InChI is InChI=1S/C31H33N5O6/c1-4-9-42-26-14-22-25(13-21(26)23-15-34-31(41-3)36-29(23)40-2)33-16-24(28(32)37)27(22)35-20-11-18(17-7-5-6-8-17)10-19(12-20)30(38)39/h10-17H,4-9H2,1-3H3,(H2,32,37)(H,33,35)(H,38,39). The number of pyridine rings is 1. The summed E-state index contributed by atoms with van der Waals surface area (Å²) in [5.74, 6) is -0.632. The van der Waals surface area contributed by atoms with Crippen LogP contribution < -0.4 is 25.3 Å². The van der Waals surface area contributed by atoms with Gasteiger partial charge in [-0.05, 0) is 61.1 Å². The number of nitrogens with one attached hydrogen (secondary N) is 1. The van der Waals surface area contributed by atoms with Crippen molar-refractivity contribution in [2.45, 2.75) is 44.9 Å². The molecule has 1 fully saturated rings. The van der Waals surface area contributed by atoms with E-state index in [1.54, 1.807) is 24.4 Å². The van der Waals surface area contributed by atoms with Crippen LogP contribution in [0.1, 0.15) is 71.2 Å². The molecule has 1 amide bonds. The Balaban J connectivity index is 1.69.